The van der Waals surface area contributed by atoms with Crippen molar-refractivity contribution in [2.75, 3.05) is 6.54 Å². The van der Waals surface area contributed by atoms with Gasteiger partial charge in [0.2, 0.25) is 5.91 Å². The Hall–Kier alpha value is -1.84. The van der Waals surface area contributed by atoms with E-state index in [1.165, 1.54) is 5.69 Å². The molecule has 0 radical (unpaired) electrons. The van der Waals surface area contributed by atoms with Crippen LogP contribution < -0.4 is 5.32 Å². The molecule has 0 spiro atoms. The molecule has 2 aromatic rings. The van der Waals surface area contributed by atoms with E-state index in [2.05, 4.69) is 27.7 Å². The summed E-state index contributed by atoms with van der Waals surface area (Å²) < 4.78 is 2.07. The summed E-state index contributed by atoms with van der Waals surface area (Å²) in [6, 6.07) is 6.04. The van der Waals surface area contributed by atoms with E-state index in [-0.39, 0.29) is 5.91 Å². The predicted molar refractivity (Wildman–Crippen MR) is 66.9 cm³/mol. The van der Waals surface area contributed by atoms with Crippen molar-refractivity contribution in [1.29, 1.82) is 0 Å². The van der Waals surface area contributed by atoms with Gasteiger partial charge in [0, 0.05) is 31.3 Å². The van der Waals surface area contributed by atoms with Crippen LogP contribution in [0.4, 0.5) is 0 Å². The predicted octanol–water partition coefficient (Wildman–Crippen LogP) is 1.71. The molecule has 1 amide bonds. The van der Waals surface area contributed by atoms with Gasteiger partial charge in [-0.2, -0.15) is 0 Å². The molecule has 0 aliphatic heterocycles. The minimum absolute atomic E-state index is 0.0879. The second-order valence-electron chi connectivity index (χ2n) is 4.08. The van der Waals surface area contributed by atoms with Crippen LogP contribution in [0.25, 0.3) is 5.65 Å². The fourth-order valence-corrected chi connectivity index (χ4v) is 1.77. The summed E-state index contributed by atoms with van der Waals surface area (Å²) >= 11 is 0. The minimum atomic E-state index is 0.0879. The van der Waals surface area contributed by atoms with E-state index >= 15 is 0 Å². The van der Waals surface area contributed by atoms with E-state index in [0.717, 1.165) is 17.8 Å². The summed E-state index contributed by atoms with van der Waals surface area (Å²) in [5, 5.41) is 2.85. The summed E-state index contributed by atoms with van der Waals surface area (Å²) in [7, 11) is 0. The van der Waals surface area contributed by atoms with Gasteiger partial charge in [0.25, 0.3) is 0 Å². The number of aryl methyl sites for hydroxylation is 1. The maximum absolute atomic E-state index is 11.1. The number of carbonyl (C=O) groups is 1. The normalized spacial score (nSPS) is 10.7. The molecule has 0 aliphatic rings. The first-order valence-corrected chi connectivity index (χ1v) is 5.91. The zero-order valence-electron chi connectivity index (χ0n) is 10.2. The van der Waals surface area contributed by atoms with Gasteiger partial charge in [-0.15, -0.1) is 0 Å². The van der Waals surface area contributed by atoms with E-state index < -0.39 is 0 Å². The van der Waals surface area contributed by atoms with Gasteiger partial charge in [-0.3, -0.25) is 4.79 Å². The standard InChI is InChI=1S/C13H17N3O/c1-3-13(17)14-8-7-11-9-16-10(2)5-4-6-12(16)15-11/h4-6,9H,3,7-8H2,1-2H3,(H,14,17). The van der Waals surface area contributed by atoms with Gasteiger partial charge < -0.3 is 9.72 Å². The fourth-order valence-electron chi connectivity index (χ4n) is 1.77. The Labute approximate surface area is 101 Å². The van der Waals surface area contributed by atoms with Crippen LogP contribution in [-0.2, 0) is 11.2 Å². The Bertz CT molecular complexity index is 530. The van der Waals surface area contributed by atoms with Crippen molar-refractivity contribution in [3.8, 4) is 0 Å². The quantitative estimate of drug-likeness (QED) is 0.870. The molecule has 0 saturated heterocycles. The lowest BCUT2D eigenvalue weighted by atomic mass is 10.3. The summed E-state index contributed by atoms with van der Waals surface area (Å²) in [5.41, 5.74) is 3.14. The SMILES string of the molecule is CCC(=O)NCCc1cn2c(C)cccc2n1. The first-order valence-electron chi connectivity index (χ1n) is 5.91. The highest BCUT2D eigenvalue weighted by molar-refractivity contribution is 5.75. The van der Waals surface area contributed by atoms with Gasteiger partial charge in [0.05, 0.1) is 5.69 Å². The van der Waals surface area contributed by atoms with Gasteiger partial charge in [0.15, 0.2) is 0 Å². The van der Waals surface area contributed by atoms with Crippen LogP contribution in [-0.4, -0.2) is 21.8 Å². The second-order valence-corrected chi connectivity index (χ2v) is 4.08. The molecule has 0 fully saturated rings. The minimum Gasteiger partial charge on any atom is -0.356 e. The van der Waals surface area contributed by atoms with Gasteiger partial charge in [-0.1, -0.05) is 13.0 Å². The lowest BCUT2D eigenvalue weighted by molar-refractivity contribution is -0.120. The van der Waals surface area contributed by atoms with Gasteiger partial charge in [-0.05, 0) is 19.1 Å². The van der Waals surface area contributed by atoms with E-state index in [0.29, 0.717) is 13.0 Å². The molecule has 0 unspecified atom stereocenters. The zero-order chi connectivity index (χ0) is 12.3. The summed E-state index contributed by atoms with van der Waals surface area (Å²) in [6.45, 7) is 4.55. The molecule has 1 N–H and O–H groups in total. The highest BCUT2D eigenvalue weighted by Gasteiger charge is 2.03. The van der Waals surface area contributed by atoms with Crippen molar-refractivity contribution in [2.45, 2.75) is 26.7 Å². The third-order valence-corrected chi connectivity index (χ3v) is 2.77. The van der Waals surface area contributed by atoms with Crippen LogP contribution in [0.5, 0.6) is 0 Å². The molecule has 2 rings (SSSR count). The maximum Gasteiger partial charge on any atom is 0.219 e. The Balaban J connectivity index is 2.05. The van der Waals surface area contributed by atoms with Gasteiger partial charge in [0.1, 0.15) is 5.65 Å². The molecule has 2 aromatic heterocycles. The molecule has 90 valence electrons. The number of nitrogens with one attached hydrogen (secondary N) is 1. The highest BCUT2D eigenvalue weighted by Crippen LogP contribution is 2.08. The first-order chi connectivity index (χ1) is 8.20. The van der Waals surface area contributed by atoms with Crippen molar-refractivity contribution < 1.29 is 4.79 Å². The van der Waals surface area contributed by atoms with E-state index in [9.17, 15) is 4.79 Å². The summed E-state index contributed by atoms with van der Waals surface area (Å²) in [6.07, 6.45) is 3.33. The highest BCUT2D eigenvalue weighted by atomic mass is 16.1. The Morgan fingerprint density at radius 2 is 2.29 bits per heavy atom. The van der Waals surface area contributed by atoms with E-state index in [1.54, 1.807) is 0 Å². The molecule has 0 atom stereocenters. The molecule has 4 nitrogen and oxygen atoms in total. The third kappa shape index (κ3) is 2.64. The summed E-state index contributed by atoms with van der Waals surface area (Å²) in [4.78, 5) is 15.6. The smallest absolute Gasteiger partial charge is 0.219 e. The van der Waals surface area contributed by atoms with Crippen molar-refractivity contribution in [3.05, 3.63) is 35.8 Å². The monoisotopic (exact) mass is 231 g/mol. The number of pyridine rings is 1. The van der Waals surface area contributed by atoms with Crippen LogP contribution in [0.15, 0.2) is 24.4 Å². The van der Waals surface area contributed by atoms with Gasteiger partial charge in [-0.25, -0.2) is 4.98 Å². The van der Waals surface area contributed by atoms with E-state index in [4.69, 9.17) is 0 Å². The topological polar surface area (TPSA) is 46.4 Å². The zero-order valence-corrected chi connectivity index (χ0v) is 10.2. The number of rotatable bonds is 4. The number of hydrogen-bond donors (Lipinski definition) is 1. The molecule has 0 aliphatic carbocycles. The van der Waals surface area contributed by atoms with Crippen molar-refractivity contribution >= 4 is 11.6 Å². The average Bonchev–Trinajstić information content (AvgIpc) is 2.73. The number of amides is 1. The molecular formula is C13H17N3O. The first kappa shape index (κ1) is 11.6. The second kappa shape index (κ2) is 4.99. The Morgan fingerprint density at radius 3 is 3.00 bits per heavy atom. The number of aromatic nitrogens is 2. The van der Waals surface area contributed by atoms with Crippen molar-refractivity contribution in [3.63, 3.8) is 0 Å². The molecular weight excluding hydrogens is 214 g/mol. The molecule has 0 aromatic carbocycles. The molecule has 4 heteroatoms. The molecule has 0 bridgehead atoms. The fraction of sp³-hybridized carbons (Fsp3) is 0.385. The third-order valence-electron chi connectivity index (χ3n) is 2.77. The largest absolute Gasteiger partial charge is 0.356 e. The Kier molecular flexibility index (Phi) is 3.42. The maximum atomic E-state index is 11.1. The lowest BCUT2D eigenvalue weighted by Gasteiger charge is -2.00. The lowest BCUT2D eigenvalue weighted by Crippen LogP contribution is -2.24. The van der Waals surface area contributed by atoms with Crippen LogP contribution in [0.1, 0.15) is 24.7 Å². The number of fused-ring (bicyclic) bond motifs is 1. The van der Waals surface area contributed by atoms with Crippen LogP contribution in [0, 0.1) is 6.92 Å². The Morgan fingerprint density at radius 1 is 1.47 bits per heavy atom. The van der Waals surface area contributed by atoms with Crippen molar-refractivity contribution in [2.24, 2.45) is 0 Å². The van der Waals surface area contributed by atoms with Crippen molar-refractivity contribution in [1.82, 2.24) is 14.7 Å². The number of nitrogens with zero attached hydrogens (tertiary/aromatic N) is 2. The van der Waals surface area contributed by atoms with Crippen LogP contribution >= 0.6 is 0 Å². The molecule has 17 heavy (non-hydrogen) atoms. The molecule has 0 saturated carbocycles. The summed E-state index contributed by atoms with van der Waals surface area (Å²) in [5.74, 6) is 0.0879. The number of hydrogen-bond acceptors (Lipinski definition) is 2. The van der Waals surface area contributed by atoms with Gasteiger partial charge >= 0.3 is 0 Å². The average molecular weight is 231 g/mol. The number of carbonyl (C=O) groups excluding carboxylic acids is 1. The molecule has 2 heterocycles. The van der Waals surface area contributed by atoms with E-state index in [1.807, 2.05) is 25.3 Å². The number of imidazole rings is 1. The van der Waals surface area contributed by atoms with Crippen LogP contribution in [0.2, 0.25) is 0 Å². The van der Waals surface area contributed by atoms with Crippen LogP contribution in [0.3, 0.4) is 0 Å².